The number of carboxylic acid groups (broad SMARTS) is 1. The molecule has 2 N–H and O–H groups in total. The van der Waals surface area contributed by atoms with E-state index in [2.05, 4.69) is 10.3 Å². The minimum Gasteiger partial charge on any atom is -0.478 e. The molecule has 1 heterocycles. The van der Waals surface area contributed by atoms with E-state index in [1.807, 2.05) is 11.4 Å². The SMILES string of the molecule is Cc1c(NCc2nccs2)cccc1C(=O)O. The van der Waals surface area contributed by atoms with Gasteiger partial charge in [-0.1, -0.05) is 6.07 Å². The summed E-state index contributed by atoms with van der Waals surface area (Å²) in [5.41, 5.74) is 1.91. The highest BCUT2D eigenvalue weighted by Crippen LogP contribution is 2.20. The predicted octanol–water partition coefficient (Wildman–Crippen LogP) is 2.76. The van der Waals surface area contributed by atoms with Crippen molar-refractivity contribution >= 4 is 23.0 Å². The molecule has 0 unspecified atom stereocenters. The van der Waals surface area contributed by atoms with E-state index in [0.29, 0.717) is 12.1 Å². The van der Waals surface area contributed by atoms with E-state index in [-0.39, 0.29) is 0 Å². The Morgan fingerprint density at radius 1 is 1.53 bits per heavy atom. The Kier molecular flexibility index (Phi) is 3.39. The molecular formula is C12H12N2O2S. The maximum atomic E-state index is 11.0. The van der Waals surface area contributed by atoms with Crippen LogP contribution in [0.3, 0.4) is 0 Å². The number of nitrogens with one attached hydrogen (secondary N) is 1. The van der Waals surface area contributed by atoms with Gasteiger partial charge in [-0.3, -0.25) is 0 Å². The highest BCUT2D eigenvalue weighted by molar-refractivity contribution is 7.09. The second-order valence-corrected chi connectivity index (χ2v) is 4.54. The van der Waals surface area contributed by atoms with Crippen molar-refractivity contribution in [2.24, 2.45) is 0 Å². The lowest BCUT2D eigenvalue weighted by molar-refractivity contribution is 0.0696. The largest absolute Gasteiger partial charge is 0.478 e. The normalized spacial score (nSPS) is 10.2. The number of rotatable bonds is 4. The molecule has 0 radical (unpaired) electrons. The Morgan fingerprint density at radius 3 is 3.00 bits per heavy atom. The minimum atomic E-state index is -0.902. The van der Waals surface area contributed by atoms with Crippen LogP contribution in [0.1, 0.15) is 20.9 Å². The Morgan fingerprint density at radius 2 is 2.35 bits per heavy atom. The van der Waals surface area contributed by atoms with Gasteiger partial charge in [0.1, 0.15) is 5.01 Å². The van der Waals surface area contributed by atoms with Crippen LogP contribution in [-0.2, 0) is 6.54 Å². The molecular weight excluding hydrogens is 236 g/mol. The number of benzene rings is 1. The molecule has 1 aromatic heterocycles. The molecule has 0 aliphatic carbocycles. The lowest BCUT2D eigenvalue weighted by atomic mass is 10.1. The van der Waals surface area contributed by atoms with Gasteiger partial charge < -0.3 is 10.4 Å². The molecule has 2 rings (SSSR count). The Labute approximate surface area is 103 Å². The zero-order valence-electron chi connectivity index (χ0n) is 9.30. The molecule has 5 heteroatoms. The van der Waals surface area contributed by atoms with Crippen LogP contribution in [0.4, 0.5) is 5.69 Å². The van der Waals surface area contributed by atoms with Gasteiger partial charge in [0.2, 0.25) is 0 Å². The molecule has 88 valence electrons. The van der Waals surface area contributed by atoms with Crippen molar-refractivity contribution in [3.63, 3.8) is 0 Å². The fourth-order valence-electron chi connectivity index (χ4n) is 1.57. The second kappa shape index (κ2) is 4.97. The van der Waals surface area contributed by atoms with E-state index in [1.54, 1.807) is 36.6 Å². The van der Waals surface area contributed by atoms with Crippen molar-refractivity contribution in [2.45, 2.75) is 13.5 Å². The third kappa shape index (κ3) is 2.62. The number of aromatic carboxylic acids is 1. The number of aromatic nitrogens is 1. The second-order valence-electron chi connectivity index (χ2n) is 3.56. The summed E-state index contributed by atoms with van der Waals surface area (Å²) < 4.78 is 0. The van der Waals surface area contributed by atoms with Gasteiger partial charge >= 0.3 is 5.97 Å². The van der Waals surface area contributed by atoms with E-state index in [0.717, 1.165) is 16.3 Å². The fraction of sp³-hybridized carbons (Fsp3) is 0.167. The lowest BCUT2D eigenvalue weighted by Crippen LogP contribution is -2.05. The predicted molar refractivity (Wildman–Crippen MR) is 67.6 cm³/mol. The first-order valence-corrected chi connectivity index (χ1v) is 6.01. The first kappa shape index (κ1) is 11.6. The van der Waals surface area contributed by atoms with Crippen LogP contribution in [0, 0.1) is 6.92 Å². The summed E-state index contributed by atoms with van der Waals surface area (Å²) in [7, 11) is 0. The maximum absolute atomic E-state index is 11.0. The number of hydrogen-bond donors (Lipinski definition) is 2. The molecule has 0 spiro atoms. The summed E-state index contributed by atoms with van der Waals surface area (Å²) in [5, 5.41) is 15.1. The van der Waals surface area contributed by atoms with Crippen LogP contribution >= 0.6 is 11.3 Å². The van der Waals surface area contributed by atoms with Crippen LogP contribution in [0.25, 0.3) is 0 Å². The number of carboxylic acids is 1. The number of nitrogens with zero attached hydrogens (tertiary/aromatic N) is 1. The van der Waals surface area contributed by atoms with Crippen molar-refractivity contribution < 1.29 is 9.90 Å². The highest BCUT2D eigenvalue weighted by atomic mass is 32.1. The summed E-state index contributed by atoms with van der Waals surface area (Å²) in [6.07, 6.45) is 1.75. The molecule has 4 nitrogen and oxygen atoms in total. The summed E-state index contributed by atoms with van der Waals surface area (Å²) in [6.45, 7) is 2.41. The maximum Gasteiger partial charge on any atom is 0.336 e. The molecule has 0 fully saturated rings. The minimum absolute atomic E-state index is 0.328. The summed E-state index contributed by atoms with van der Waals surface area (Å²) in [5.74, 6) is -0.902. The van der Waals surface area contributed by atoms with Crippen molar-refractivity contribution in [1.82, 2.24) is 4.98 Å². The van der Waals surface area contributed by atoms with Crippen LogP contribution in [0.5, 0.6) is 0 Å². The molecule has 0 saturated carbocycles. The summed E-state index contributed by atoms with van der Waals surface area (Å²) in [4.78, 5) is 15.1. The zero-order valence-corrected chi connectivity index (χ0v) is 10.1. The first-order chi connectivity index (χ1) is 8.18. The van der Waals surface area contributed by atoms with E-state index in [9.17, 15) is 4.79 Å². The van der Waals surface area contributed by atoms with Crippen molar-refractivity contribution in [3.05, 3.63) is 45.9 Å². The van der Waals surface area contributed by atoms with Crippen LogP contribution < -0.4 is 5.32 Å². The van der Waals surface area contributed by atoms with Gasteiger partial charge in [0.05, 0.1) is 12.1 Å². The fourth-order valence-corrected chi connectivity index (χ4v) is 2.13. The molecule has 0 bridgehead atoms. The number of carbonyl (C=O) groups is 1. The monoisotopic (exact) mass is 248 g/mol. The van der Waals surface area contributed by atoms with E-state index in [4.69, 9.17) is 5.11 Å². The smallest absolute Gasteiger partial charge is 0.336 e. The first-order valence-electron chi connectivity index (χ1n) is 5.13. The van der Waals surface area contributed by atoms with E-state index in [1.165, 1.54) is 0 Å². The van der Waals surface area contributed by atoms with Crippen LogP contribution in [0.2, 0.25) is 0 Å². The van der Waals surface area contributed by atoms with Crippen molar-refractivity contribution in [2.75, 3.05) is 5.32 Å². The van der Waals surface area contributed by atoms with Gasteiger partial charge in [-0.05, 0) is 24.6 Å². The molecule has 2 aromatic rings. The van der Waals surface area contributed by atoms with Gasteiger partial charge in [-0.25, -0.2) is 9.78 Å². The highest BCUT2D eigenvalue weighted by Gasteiger charge is 2.09. The van der Waals surface area contributed by atoms with Gasteiger partial charge in [-0.2, -0.15) is 0 Å². The summed E-state index contributed by atoms with van der Waals surface area (Å²) >= 11 is 1.57. The Balaban J connectivity index is 2.16. The summed E-state index contributed by atoms with van der Waals surface area (Å²) in [6, 6.07) is 5.21. The van der Waals surface area contributed by atoms with Crippen molar-refractivity contribution in [1.29, 1.82) is 0 Å². The molecule has 0 aliphatic heterocycles. The Bertz CT molecular complexity index is 523. The standard InChI is InChI=1S/C12H12N2O2S/c1-8-9(12(15)16)3-2-4-10(8)14-7-11-13-5-6-17-11/h2-6,14H,7H2,1H3,(H,15,16). The third-order valence-electron chi connectivity index (χ3n) is 2.48. The van der Waals surface area contributed by atoms with Gasteiger partial charge in [0, 0.05) is 17.3 Å². The number of hydrogen-bond acceptors (Lipinski definition) is 4. The molecule has 0 saturated heterocycles. The third-order valence-corrected chi connectivity index (χ3v) is 3.26. The average Bonchev–Trinajstić information content (AvgIpc) is 2.80. The zero-order chi connectivity index (χ0) is 12.3. The molecule has 0 atom stereocenters. The number of anilines is 1. The molecule has 0 aliphatic rings. The van der Waals surface area contributed by atoms with Crippen LogP contribution in [-0.4, -0.2) is 16.1 Å². The molecule has 1 aromatic carbocycles. The van der Waals surface area contributed by atoms with Gasteiger partial charge in [0.25, 0.3) is 0 Å². The molecule has 17 heavy (non-hydrogen) atoms. The quantitative estimate of drug-likeness (QED) is 0.873. The van der Waals surface area contributed by atoms with E-state index >= 15 is 0 Å². The van der Waals surface area contributed by atoms with Gasteiger partial charge in [0.15, 0.2) is 0 Å². The van der Waals surface area contributed by atoms with E-state index < -0.39 is 5.97 Å². The van der Waals surface area contributed by atoms with Crippen molar-refractivity contribution in [3.8, 4) is 0 Å². The number of thiazole rings is 1. The van der Waals surface area contributed by atoms with Gasteiger partial charge in [-0.15, -0.1) is 11.3 Å². The molecule has 0 amide bonds. The Hall–Kier alpha value is -1.88. The average molecular weight is 248 g/mol. The van der Waals surface area contributed by atoms with Crippen LogP contribution in [0.15, 0.2) is 29.8 Å². The topological polar surface area (TPSA) is 62.2 Å². The lowest BCUT2D eigenvalue weighted by Gasteiger charge is -2.10.